The van der Waals surface area contributed by atoms with E-state index in [2.05, 4.69) is 44.3 Å². The number of anilines is 1. The van der Waals surface area contributed by atoms with Gasteiger partial charge in [-0.25, -0.2) is 4.98 Å². The molecule has 1 saturated heterocycles. The standard InChI is InChI=1S/C24H29N5O/c1-17-5-7-22-20(13-17)14-21(18(2)27-22)24(30)26-16-19-6-8-23(25-15-19)29-10-4-9-28(3)11-12-29/h5-8,13-15H,4,9-12,16H2,1-3H3,(H,26,30). The van der Waals surface area contributed by atoms with Crippen LogP contribution in [-0.2, 0) is 6.54 Å². The van der Waals surface area contributed by atoms with Crippen LogP contribution in [0.15, 0.2) is 42.6 Å². The van der Waals surface area contributed by atoms with Crippen molar-refractivity contribution in [2.75, 3.05) is 38.1 Å². The second-order valence-electron chi connectivity index (χ2n) is 8.17. The number of amides is 1. The smallest absolute Gasteiger partial charge is 0.253 e. The Balaban J connectivity index is 1.41. The molecule has 0 saturated carbocycles. The van der Waals surface area contributed by atoms with E-state index in [0.29, 0.717) is 12.1 Å². The van der Waals surface area contributed by atoms with Crippen LogP contribution in [0.25, 0.3) is 10.9 Å². The van der Waals surface area contributed by atoms with Crippen molar-refractivity contribution >= 4 is 22.6 Å². The molecule has 3 aromatic rings. The molecule has 156 valence electrons. The molecule has 6 nitrogen and oxygen atoms in total. The quantitative estimate of drug-likeness (QED) is 0.724. The minimum atomic E-state index is -0.108. The summed E-state index contributed by atoms with van der Waals surface area (Å²) in [5, 5.41) is 4.00. The lowest BCUT2D eigenvalue weighted by Crippen LogP contribution is -2.29. The first-order valence-corrected chi connectivity index (χ1v) is 10.5. The lowest BCUT2D eigenvalue weighted by atomic mass is 10.1. The molecule has 0 radical (unpaired) electrons. The molecular formula is C24H29N5O. The van der Waals surface area contributed by atoms with Crippen molar-refractivity contribution in [1.29, 1.82) is 0 Å². The molecule has 30 heavy (non-hydrogen) atoms. The van der Waals surface area contributed by atoms with E-state index in [1.54, 1.807) is 0 Å². The number of fused-ring (bicyclic) bond motifs is 1. The van der Waals surface area contributed by atoms with Gasteiger partial charge in [-0.15, -0.1) is 0 Å². The van der Waals surface area contributed by atoms with E-state index in [1.165, 1.54) is 0 Å². The van der Waals surface area contributed by atoms with Crippen LogP contribution in [0.4, 0.5) is 5.82 Å². The zero-order valence-corrected chi connectivity index (χ0v) is 18.0. The molecule has 0 spiro atoms. The zero-order chi connectivity index (χ0) is 21.1. The van der Waals surface area contributed by atoms with Crippen molar-refractivity contribution in [3.05, 3.63) is 65.0 Å². The largest absolute Gasteiger partial charge is 0.355 e. The molecule has 1 amide bonds. The van der Waals surface area contributed by atoms with Gasteiger partial charge in [-0.05, 0) is 63.7 Å². The summed E-state index contributed by atoms with van der Waals surface area (Å²) in [5.74, 6) is 0.897. The van der Waals surface area contributed by atoms with Gasteiger partial charge in [0.2, 0.25) is 0 Å². The van der Waals surface area contributed by atoms with Crippen molar-refractivity contribution in [2.24, 2.45) is 0 Å². The Kier molecular flexibility index (Phi) is 5.95. The topological polar surface area (TPSA) is 61.4 Å². The van der Waals surface area contributed by atoms with Crippen LogP contribution in [0.1, 0.15) is 33.6 Å². The second-order valence-corrected chi connectivity index (χ2v) is 8.17. The Hall–Kier alpha value is -2.99. The van der Waals surface area contributed by atoms with Crippen molar-refractivity contribution in [3.63, 3.8) is 0 Å². The summed E-state index contributed by atoms with van der Waals surface area (Å²) in [7, 11) is 2.16. The predicted molar refractivity (Wildman–Crippen MR) is 121 cm³/mol. The number of pyridine rings is 2. The van der Waals surface area contributed by atoms with Crippen LogP contribution >= 0.6 is 0 Å². The van der Waals surface area contributed by atoms with E-state index in [4.69, 9.17) is 0 Å². The van der Waals surface area contributed by atoms with Gasteiger partial charge in [0.05, 0.1) is 16.8 Å². The summed E-state index contributed by atoms with van der Waals surface area (Å²) in [6.45, 7) is 8.57. The number of aromatic nitrogens is 2. The van der Waals surface area contributed by atoms with Gasteiger partial charge >= 0.3 is 0 Å². The summed E-state index contributed by atoms with van der Waals surface area (Å²) in [6, 6.07) is 12.1. The van der Waals surface area contributed by atoms with E-state index >= 15 is 0 Å². The molecule has 1 aliphatic heterocycles. The zero-order valence-electron chi connectivity index (χ0n) is 18.0. The number of rotatable bonds is 4. The molecule has 4 rings (SSSR count). The summed E-state index contributed by atoms with van der Waals surface area (Å²) in [6.07, 6.45) is 3.01. The molecule has 0 bridgehead atoms. The lowest BCUT2D eigenvalue weighted by Gasteiger charge is -2.21. The highest BCUT2D eigenvalue weighted by Gasteiger charge is 2.14. The third-order valence-corrected chi connectivity index (χ3v) is 5.71. The van der Waals surface area contributed by atoms with Crippen LogP contribution in [0.2, 0.25) is 0 Å². The fourth-order valence-corrected chi connectivity index (χ4v) is 3.88. The predicted octanol–water partition coefficient (Wildman–Crippen LogP) is 3.32. The maximum Gasteiger partial charge on any atom is 0.253 e. The minimum absolute atomic E-state index is 0.108. The van der Waals surface area contributed by atoms with Crippen LogP contribution in [-0.4, -0.2) is 54.0 Å². The van der Waals surface area contributed by atoms with E-state index < -0.39 is 0 Å². The first-order valence-electron chi connectivity index (χ1n) is 10.5. The summed E-state index contributed by atoms with van der Waals surface area (Å²) in [4.78, 5) is 26.7. The molecular weight excluding hydrogens is 374 g/mol. The van der Waals surface area contributed by atoms with Crippen LogP contribution in [0.5, 0.6) is 0 Å². The molecule has 3 heterocycles. The van der Waals surface area contributed by atoms with Crippen molar-refractivity contribution in [2.45, 2.75) is 26.8 Å². The van der Waals surface area contributed by atoms with Gasteiger partial charge in [0.25, 0.3) is 5.91 Å². The molecule has 0 aliphatic carbocycles. The highest BCUT2D eigenvalue weighted by molar-refractivity contribution is 5.98. The minimum Gasteiger partial charge on any atom is -0.355 e. The number of nitrogens with zero attached hydrogens (tertiary/aromatic N) is 4. The fraction of sp³-hybridized carbons (Fsp3) is 0.375. The average molecular weight is 404 g/mol. The SMILES string of the molecule is Cc1ccc2nc(C)c(C(=O)NCc3ccc(N4CCCN(C)CC4)nc3)cc2c1. The third-order valence-electron chi connectivity index (χ3n) is 5.71. The molecule has 6 heteroatoms. The van der Waals surface area contributed by atoms with Gasteiger partial charge in [-0.3, -0.25) is 9.78 Å². The number of nitrogens with one attached hydrogen (secondary N) is 1. The summed E-state index contributed by atoms with van der Waals surface area (Å²) < 4.78 is 0. The van der Waals surface area contributed by atoms with Gasteiger partial charge in [-0.1, -0.05) is 17.7 Å². The Morgan fingerprint density at radius 2 is 1.93 bits per heavy atom. The van der Waals surface area contributed by atoms with E-state index in [-0.39, 0.29) is 5.91 Å². The maximum absolute atomic E-state index is 12.8. The molecule has 1 aliphatic rings. The Labute approximate surface area is 177 Å². The Morgan fingerprint density at radius 1 is 1.07 bits per heavy atom. The molecule has 1 N–H and O–H groups in total. The number of hydrogen-bond acceptors (Lipinski definition) is 5. The summed E-state index contributed by atoms with van der Waals surface area (Å²) >= 11 is 0. The van der Waals surface area contributed by atoms with Crippen molar-refractivity contribution in [1.82, 2.24) is 20.2 Å². The van der Waals surface area contributed by atoms with Crippen LogP contribution < -0.4 is 10.2 Å². The highest BCUT2D eigenvalue weighted by atomic mass is 16.1. The number of carbonyl (C=O) groups excluding carboxylic acids is 1. The number of aryl methyl sites for hydroxylation is 2. The van der Waals surface area contributed by atoms with Crippen LogP contribution in [0.3, 0.4) is 0 Å². The van der Waals surface area contributed by atoms with E-state index in [0.717, 1.165) is 66.1 Å². The van der Waals surface area contributed by atoms with Gasteiger partial charge < -0.3 is 15.1 Å². The monoisotopic (exact) mass is 403 g/mol. The van der Waals surface area contributed by atoms with Gasteiger partial charge in [0.15, 0.2) is 0 Å². The number of benzene rings is 1. The van der Waals surface area contributed by atoms with Crippen molar-refractivity contribution < 1.29 is 4.79 Å². The average Bonchev–Trinajstić information content (AvgIpc) is 2.96. The molecule has 1 aromatic carbocycles. The Bertz CT molecular complexity index is 1050. The fourth-order valence-electron chi connectivity index (χ4n) is 3.88. The lowest BCUT2D eigenvalue weighted by molar-refractivity contribution is 0.0950. The number of hydrogen-bond donors (Lipinski definition) is 1. The molecule has 1 fully saturated rings. The molecule has 2 aromatic heterocycles. The third kappa shape index (κ3) is 4.60. The summed E-state index contributed by atoms with van der Waals surface area (Å²) in [5.41, 5.74) is 4.41. The van der Waals surface area contributed by atoms with Gasteiger partial charge in [-0.2, -0.15) is 0 Å². The maximum atomic E-state index is 12.8. The Morgan fingerprint density at radius 3 is 2.73 bits per heavy atom. The number of likely N-dealkylation sites (N-methyl/N-ethyl adjacent to an activating group) is 1. The van der Waals surface area contributed by atoms with Crippen molar-refractivity contribution in [3.8, 4) is 0 Å². The van der Waals surface area contributed by atoms with E-state index in [1.807, 2.05) is 44.3 Å². The van der Waals surface area contributed by atoms with Gasteiger partial charge in [0.1, 0.15) is 5.82 Å². The van der Waals surface area contributed by atoms with Crippen LogP contribution in [0, 0.1) is 13.8 Å². The first kappa shape index (κ1) is 20.3. The van der Waals surface area contributed by atoms with Gasteiger partial charge in [0, 0.05) is 37.8 Å². The normalized spacial score (nSPS) is 15.2. The number of carbonyl (C=O) groups is 1. The molecule has 0 unspecified atom stereocenters. The molecule has 0 atom stereocenters. The first-order chi connectivity index (χ1) is 14.5. The highest BCUT2D eigenvalue weighted by Crippen LogP contribution is 2.18. The van der Waals surface area contributed by atoms with E-state index in [9.17, 15) is 4.79 Å². The second kappa shape index (κ2) is 8.79.